The molecule has 0 heterocycles. The summed E-state index contributed by atoms with van der Waals surface area (Å²) in [5.41, 5.74) is -0.0482. The smallest absolute Gasteiger partial charge is 0.282 e. The number of carbonyl (C=O) groups is 1. The zero-order chi connectivity index (χ0) is 13.5. The number of para-hydroxylation sites is 1. The fourth-order valence-corrected chi connectivity index (χ4v) is 1.56. The molecule has 0 aromatic heterocycles. The zero-order valence-electron chi connectivity index (χ0n) is 10.6. The maximum absolute atomic E-state index is 11.8. The standard InChI is InChI=1S/C12H17N3O3/c1-14(2)9-5-8-13-12(16)10-6-3-4-7-11(10)15(17)18/h3-4,6-7H,5,8-9H2,1-2H3,(H,13,16)/p+1. The number of nitro groups is 1. The lowest BCUT2D eigenvalue weighted by atomic mass is 10.1. The molecule has 1 amide bonds. The second kappa shape index (κ2) is 6.70. The quantitative estimate of drug-likeness (QED) is 0.420. The topological polar surface area (TPSA) is 76.7 Å². The summed E-state index contributed by atoms with van der Waals surface area (Å²) >= 11 is 0. The van der Waals surface area contributed by atoms with Crippen molar-refractivity contribution in [3.63, 3.8) is 0 Å². The molecule has 0 saturated carbocycles. The van der Waals surface area contributed by atoms with Crippen molar-refractivity contribution in [3.8, 4) is 0 Å². The van der Waals surface area contributed by atoms with E-state index in [9.17, 15) is 14.9 Å². The highest BCUT2D eigenvalue weighted by Crippen LogP contribution is 2.16. The molecule has 0 aliphatic heterocycles. The van der Waals surface area contributed by atoms with E-state index in [0.29, 0.717) is 6.54 Å². The lowest BCUT2D eigenvalue weighted by Gasteiger charge is -2.08. The third-order valence-corrected chi connectivity index (χ3v) is 2.48. The summed E-state index contributed by atoms with van der Waals surface area (Å²) in [6.45, 7) is 1.47. The van der Waals surface area contributed by atoms with Gasteiger partial charge in [0.2, 0.25) is 0 Å². The van der Waals surface area contributed by atoms with E-state index in [-0.39, 0.29) is 11.3 Å². The monoisotopic (exact) mass is 252 g/mol. The predicted molar refractivity (Wildman–Crippen MR) is 67.7 cm³/mol. The van der Waals surface area contributed by atoms with Gasteiger partial charge in [0.25, 0.3) is 11.6 Å². The Morgan fingerprint density at radius 1 is 1.39 bits per heavy atom. The van der Waals surface area contributed by atoms with Crippen molar-refractivity contribution in [3.05, 3.63) is 39.9 Å². The van der Waals surface area contributed by atoms with Crippen molar-refractivity contribution >= 4 is 11.6 Å². The summed E-state index contributed by atoms with van der Waals surface area (Å²) in [5, 5.41) is 13.5. The molecular formula is C12H18N3O3+. The van der Waals surface area contributed by atoms with Crippen LogP contribution in [0.3, 0.4) is 0 Å². The second-order valence-electron chi connectivity index (χ2n) is 4.34. The van der Waals surface area contributed by atoms with Crippen LogP contribution in [-0.2, 0) is 0 Å². The number of quaternary nitrogens is 1. The van der Waals surface area contributed by atoms with E-state index >= 15 is 0 Å². The van der Waals surface area contributed by atoms with Gasteiger partial charge in [-0.15, -0.1) is 0 Å². The maximum Gasteiger partial charge on any atom is 0.282 e. The van der Waals surface area contributed by atoms with Crippen molar-refractivity contribution in [1.82, 2.24) is 5.32 Å². The Bertz CT molecular complexity index is 432. The summed E-state index contributed by atoms with van der Waals surface area (Å²) in [4.78, 5) is 23.3. The molecule has 1 rings (SSSR count). The number of nitrogens with zero attached hydrogens (tertiary/aromatic N) is 1. The minimum atomic E-state index is -0.543. The van der Waals surface area contributed by atoms with Gasteiger partial charge in [-0.3, -0.25) is 14.9 Å². The highest BCUT2D eigenvalue weighted by atomic mass is 16.6. The predicted octanol–water partition coefficient (Wildman–Crippen LogP) is -0.141. The van der Waals surface area contributed by atoms with Crippen LogP contribution in [0, 0.1) is 10.1 Å². The summed E-state index contributed by atoms with van der Waals surface area (Å²) in [5.74, 6) is -0.393. The third kappa shape index (κ3) is 4.14. The van der Waals surface area contributed by atoms with Crippen molar-refractivity contribution in [2.24, 2.45) is 0 Å². The zero-order valence-corrected chi connectivity index (χ0v) is 10.6. The van der Waals surface area contributed by atoms with Gasteiger partial charge in [0.05, 0.1) is 25.6 Å². The van der Waals surface area contributed by atoms with Crippen molar-refractivity contribution in [2.75, 3.05) is 27.2 Å². The maximum atomic E-state index is 11.8. The molecule has 6 heteroatoms. The van der Waals surface area contributed by atoms with Crippen LogP contribution in [0.4, 0.5) is 5.69 Å². The van der Waals surface area contributed by atoms with E-state index in [0.717, 1.165) is 13.0 Å². The van der Waals surface area contributed by atoms with E-state index < -0.39 is 10.8 Å². The molecule has 0 aliphatic rings. The van der Waals surface area contributed by atoms with Gasteiger partial charge in [-0.05, 0) is 6.07 Å². The first-order chi connectivity index (χ1) is 8.52. The van der Waals surface area contributed by atoms with E-state index in [1.807, 2.05) is 14.1 Å². The second-order valence-corrected chi connectivity index (χ2v) is 4.34. The molecule has 1 aromatic carbocycles. The number of rotatable bonds is 6. The van der Waals surface area contributed by atoms with Gasteiger partial charge in [0.15, 0.2) is 0 Å². The van der Waals surface area contributed by atoms with Crippen LogP contribution in [0.2, 0.25) is 0 Å². The SMILES string of the molecule is C[NH+](C)CCCNC(=O)c1ccccc1[N+](=O)[O-]. The van der Waals surface area contributed by atoms with E-state index in [1.54, 1.807) is 12.1 Å². The van der Waals surface area contributed by atoms with Crippen LogP contribution < -0.4 is 10.2 Å². The van der Waals surface area contributed by atoms with Crippen LogP contribution in [0.15, 0.2) is 24.3 Å². The lowest BCUT2D eigenvalue weighted by molar-refractivity contribution is -0.858. The number of amides is 1. The molecule has 0 aliphatic carbocycles. The highest BCUT2D eigenvalue weighted by molar-refractivity contribution is 5.98. The van der Waals surface area contributed by atoms with Gasteiger partial charge in [-0.25, -0.2) is 0 Å². The Balaban J connectivity index is 2.59. The van der Waals surface area contributed by atoms with Gasteiger partial charge in [-0.1, -0.05) is 12.1 Å². The number of benzene rings is 1. The number of nitro benzene ring substituents is 1. The molecule has 0 fully saturated rings. The Kier molecular flexibility index (Phi) is 5.26. The molecule has 0 bridgehead atoms. The highest BCUT2D eigenvalue weighted by Gasteiger charge is 2.18. The molecule has 98 valence electrons. The normalized spacial score (nSPS) is 10.4. The minimum absolute atomic E-state index is 0.111. The molecule has 0 spiro atoms. The van der Waals surface area contributed by atoms with E-state index in [4.69, 9.17) is 0 Å². The summed E-state index contributed by atoms with van der Waals surface area (Å²) < 4.78 is 0. The molecule has 0 unspecified atom stereocenters. The van der Waals surface area contributed by atoms with Crippen LogP contribution in [0.5, 0.6) is 0 Å². The molecule has 6 nitrogen and oxygen atoms in total. The summed E-state index contributed by atoms with van der Waals surface area (Å²) in [6, 6.07) is 5.96. The number of carbonyl (C=O) groups excluding carboxylic acids is 1. The Labute approximate surface area is 106 Å². The average Bonchev–Trinajstić information content (AvgIpc) is 2.34. The molecule has 0 saturated heterocycles. The van der Waals surface area contributed by atoms with Gasteiger partial charge in [0.1, 0.15) is 5.56 Å². The van der Waals surface area contributed by atoms with Crippen LogP contribution in [0.25, 0.3) is 0 Å². The first kappa shape index (κ1) is 14.1. The first-order valence-corrected chi connectivity index (χ1v) is 5.83. The fraction of sp³-hybridized carbons (Fsp3) is 0.417. The molecule has 2 N–H and O–H groups in total. The number of hydrogen-bond acceptors (Lipinski definition) is 3. The Morgan fingerprint density at radius 3 is 2.67 bits per heavy atom. The number of hydrogen-bond donors (Lipinski definition) is 2. The van der Waals surface area contributed by atoms with E-state index in [2.05, 4.69) is 5.32 Å². The minimum Gasteiger partial charge on any atom is -0.352 e. The molecule has 0 atom stereocenters. The largest absolute Gasteiger partial charge is 0.352 e. The van der Waals surface area contributed by atoms with Crippen LogP contribution in [0.1, 0.15) is 16.8 Å². The van der Waals surface area contributed by atoms with E-state index in [1.165, 1.54) is 17.0 Å². The lowest BCUT2D eigenvalue weighted by Crippen LogP contribution is -3.05. The molecule has 18 heavy (non-hydrogen) atoms. The summed E-state index contributed by atoms with van der Waals surface area (Å²) in [6.07, 6.45) is 0.842. The van der Waals surface area contributed by atoms with Crippen molar-refractivity contribution < 1.29 is 14.6 Å². The van der Waals surface area contributed by atoms with Crippen LogP contribution >= 0.6 is 0 Å². The Hall–Kier alpha value is -1.95. The summed E-state index contributed by atoms with van der Waals surface area (Å²) in [7, 11) is 4.06. The van der Waals surface area contributed by atoms with Gasteiger partial charge >= 0.3 is 0 Å². The van der Waals surface area contributed by atoms with Gasteiger partial charge < -0.3 is 10.2 Å². The molecule has 1 aromatic rings. The van der Waals surface area contributed by atoms with Crippen molar-refractivity contribution in [2.45, 2.75) is 6.42 Å². The average molecular weight is 252 g/mol. The number of nitrogens with one attached hydrogen (secondary N) is 2. The molecular weight excluding hydrogens is 234 g/mol. The van der Waals surface area contributed by atoms with Crippen molar-refractivity contribution in [1.29, 1.82) is 0 Å². The van der Waals surface area contributed by atoms with Crippen LogP contribution in [-0.4, -0.2) is 38.0 Å². The third-order valence-electron chi connectivity index (χ3n) is 2.48. The van der Waals surface area contributed by atoms with Gasteiger partial charge in [-0.2, -0.15) is 0 Å². The first-order valence-electron chi connectivity index (χ1n) is 5.83. The Morgan fingerprint density at radius 2 is 2.06 bits per heavy atom. The molecule has 0 radical (unpaired) electrons. The van der Waals surface area contributed by atoms with Gasteiger partial charge in [0, 0.05) is 19.0 Å². The fourth-order valence-electron chi connectivity index (χ4n) is 1.56.